The van der Waals surface area contributed by atoms with Crippen molar-refractivity contribution in [3.8, 4) is 0 Å². The topological polar surface area (TPSA) is 39.1 Å². The largest absolute Gasteiger partial charge is 0.347 e. The zero-order valence-electron chi connectivity index (χ0n) is 9.79. The Morgan fingerprint density at radius 1 is 1.33 bits per heavy atom. The highest BCUT2D eigenvalue weighted by Gasteiger charge is 2.25. The van der Waals surface area contributed by atoms with Crippen LogP contribution >= 0.6 is 0 Å². The second kappa shape index (κ2) is 4.88. The van der Waals surface area contributed by atoms with Gasteiger partial charge in [0.25, 0.3) is 0 Å². The maximum Gasteiger partial charge on any atom is 0.148 e. The second-order valence-corrected chi connectivity index (χ2v) is 4.27. The third-order valence-corrected chi connectivity index (χ3v) is 3.08. The fraction of sp³-hybridized carbons (Fsp3) is 0.308. The molecular formula is C13H14FN3O. The summed E-state index contributed by atoms with van der Waals surface area (Å²) in [7, 11) is 0. The van der Waals surface area contributed by atoms with E-state index in [0.717, 1.165) is 0 Å². The summed E-state index contributed by atoms with van der Waals surface area (Å²) >= 11 is 0. The van der Waals surface area contributed by atoms with E-state index in [1.165, 1.54) is 6.07 Å². The van der Waals surface area contributed by atoms with Gasteiger partial charge in [0.15, 0.2) is 0 Å². The Bertz CT molecular complexity index is 515. The molecule has 0 saturated carbocycles. The fourth-order valence-electron chi connectivity index (χ4n) is 2.16. The van der Waals surface area contributed by atoms with Crippen molar-refractivity contribution in [2.45, 2.75) is 12.3 Å². The highest BCUT2D eigenvalue weighted by Crippen LogP contribution is 2.27. The van der Waals surface area contributed by atoms with Gasteiger partial charge < -0.3 is 14.6 Å². The predicted octanol–water partition coefficient (Wildman–Crippen LogP) is 1.88. The molecule has 2 atom stereocenters. The molecule has 1 aromatic heterocycles. The van der Waals surface area contributed by atoms with Crippen molar-refractivity contribution in [3.63, 3.8) is 0 Å². The molecule has 5 heteroatoms. The van der Waals surface area contributed by atoms with Crippen molar-refractivity contribution in [1.82, 2.24) is 14.9 Å². The van der Waals surface area contributed by atoms with E-state index in [4.69, 9.17) is 4.74 Å². The van der Waals surface area contributed by atoms with Gasteiger partial charge in [0.05, 0.1) is 6.33 Å². The molecule has 2 aromatic rings. The summed E-state index contributed by atoms with van der Waals surface area (Å²) in [5.41, 5.74) is 0.592. The Labute approximate surface area is 104 Å². The van der Waals surface area contributed by atoms with Crippen molar-refractivity contribution >= 4 is 0 Å². The number of nitrogens with zero attached hydrogens (tertiary/aromatic N) is 2. The summed E-state index contributed by atoms with van der Waals surface area (Å²) in [6.07, 6.45) is 4.83. The van der Waals surface area contributed by atoms with Crippen molar-refractivity contribution in [1.29, 1.82) is 0 Å². The number of ether oxygens (including phenoxy) is 1. The number of aromatic nitrogens is 2. The van der Waals surface area contributed by atoms with Crippen LogP contribution in [0.3, 0.4) is 0 Å². The Morgan fingerprint density at radius 3 is 3.00 bits per heavy atom. The predicted molar refractivity (Wildman–Crippen MR) is 64.4 cm³/mol. The molecule has 1 fully saturated rings. The lowest BCUT2D eigenvalue weighted by Crippen LogP contribution is -2.38. The number of hydrogen-bond donors (Lipinski definition) is 1. The number of hydrogen-bond acceptors (Lipinski definition) is 3. The Hall–Kier alpha value is -1.72. The first-order valence-electron chi connectivity index (χ1n) is 5.92. The van der Waals surface area contributed by atoms with E-state index >= 15 is 0 Å². The molecule has 18 heavy (non-hydrogen) atoms. The third kappa shape index (κ3) is 2.14. The first-order valence-corrected chi connectivity index (χ1v) is 5.92. The fourth-order valence-corrected chi connectivity index (χ4v) is 2.16. The number of morpholine rings is 1. The van der Waals surface area contributed by atoms with Crippen molar-refractivity contribution in [2.75, 3.05) is 13.1 Å². The molecule has 3 rings (SSSR count). The monoisotopic (exact) mass is 247 g/mol. The average Bonchev–Trinajstić information content (AvgIpc) is 2.93. The minimum atomic E-state index is -0.271. The quantitative estimate of drug-likeness (QED) is 0.880. The van der Waals surface area contributed by atoms with Crippen LogP contribution in [0, 0.1) is 5.82 Å². The van der Waals surface area contributed by atoms with Gasteiger partial charge in [-0.05, 0) is 6.07 Å². The highest BCUT2D eigenvalue weighted by atomic mass is 19.1. The Balaban J connectivity index is 1.81. The van der Waals surface area contributed by atoms with Gasteiger partial charge >= 0.3 is 0 Å². The molecule has 0 aliphatic carbocycles. The summed E-state index contributed by atoms with van der Waals surface area (Å²) in [5, 5.41) is 3.26. The van der Waals surface area contributed by atoms with Crippen LogP contribution in [0.1, 0.15) is 17.9 Å². The maximum absolute atomic E-state index is 13.7. The summed E-state index contributed by atoms with van der Waals surface area (Å²) in [5.74, 6) is -0.226. The number of halogens is 1. The van der Waals surface area contributed by atoms with Gasteiger partial charge in [-0.3, -0.25) is 0 Å². The number of imidazole rings is 1. The van der Waals surface area contributed by atoms with Gasteiger partial charge in [0.1, 0.15) is 18.1 Å². The molecule has 4 nitrogen and oxygen atoms in total. The van der Waals surface area contributed by atoms with E-state index in [-0.39, 0.29) is 18.1 Å². The highest BCUT2D eigenvalue weighted by molar-refractivity contribution is 5.20. The van der Waals surface area contributed by atoms with Gasteiger partial charge in [-0.15, -0.1) is 0 Å². The molecule has 0 amide bonds. The van der Waals surface area contributed by atoms with E-state index < -0.39 is 0 Å². The summed E-state index contributed by atoms with van der Waals surface area (Å²) in [6, 6.07) is 6.72. The average molecular weight is 247 g/mol. The zero-order chi connectivity index (χ0) is 12.4. The summed E-state index contributed by atoms with van der Waals surface area (Å²) in [6.45, 7) is 1.31. The van der Waals surface area contributed by atoms with Crippen LogP contribution in [-0.4, -0.2) is 22.6 Å². The standard InChI is InChI=1S/C13H14FN3O/c14-11-4-2-1-3-10(11)12-7-16-8-13(18-12)17-6-5-15-9-17/h1-6,9,12-13,16H,7-8H2. The van der Waals surface area contributed by atoms with Crippen LogP contribution in [0.25, 0.3) is 0 Å². The number of nitrogens with one attached hydrogen (secondary N) is 1. The molecule has 1 saturated heterocycles. The second-order valence-electron chi connectivity index (χ2n) is 4.27. The van der Waals surface area contributed by atoms with Crippen LogP contribution in [0.4, 0.5) is 4.39 Å². The van der Waals surface area contributed by atoms with Gasteiger partial charge in [0.2, 0.25) is 0 Å². The third-order valence-electron chi connectivity index (χ3n) is 3.08. The first-order chi connectivity index (χ1) is 8.84. The molecular weight excluding hydrogens is 233 g/mol. The molecule has 0 radical (unpaired) electrons. The van der Waals surface area contributed by atoms with Crippen LogP contribution in [0.5, 0.6) is 0 Å². The van der Waals surface area contributed by atoms with Crippen LogP contribution in [0.15, 0.2) is 43.0 Å². The van der Waals surface area contributed by atoms with E-state index in [0.29, 0.717) is 18.7 Å². The normalized spacial score (nSPS) is 24.1. The summed E-state index contributed by atoms with van der Waals surface area (Å²) in [4.78, 5) is 3.99. The van der Waals surface area contributed by atoms with Crippen molar-refractivity contribution < 1.29 is 9.13 Å². The number of benzene rings is 1. The Morgan fingerprint density at radius 2 is 2.22 bits per heavy atom. The zero-order valence-corrected chi connectivity index (χ0v) is 9.79. The van der Waals surface area contributed by atoms with E-state index in [1.807, 2.05) is 16.8 Å². The molecule has 1 aliphatic rings. The van der Waals surface area contributed by atoms with Crippen molar-refractivity contribution in [3.05, 3.63) is 54.4 Å². The van der Waals surface area contributed by atoms with Gasteiger partial charge in [0, 0.05) is 31.0 Å². The minimum Gasteiger partial charge on any atom is -0.347 e. The van der Waals surface area contributed by atoms with Crippen LogP contribution in [0.2, 0.25) is 0 Å². The molecule has 1 N–H and O–H groups in total. The first kappa shape index (κ1) is 11.4. The van der Waals surface area contributed by atoms with Crippen LogP contribution in [-0.2, 0) is 4.74 Å². The van der Waals surface area contributed by atoms with E-state index in [1.54, 1.807) is 24.7 Å². The van der Waals surface area contributed by atoms with Gasteiger partial charge in [-0.25, -0.2) is 9.37 Å². The SMILES string of the molecule is Fc1ccccc1C1CNCC(n2ccnc2)O1. The molecule has 0 spiro atoms. The van der Waals surface area contributed by atoms with Crippen LogP contribution < -0.4 is 5.32 Å². The molecule has 2 heterocycles. The van der Waals surface area contributed by atoms with Crippen molar-refractivity contribution in [2.24, 2.45) is 0 Å². The molecule has 94 valence electrons. The molecule has 1 aromatic carbocycles. The lowest BCUT2D eigenvalue weighted by molar-refractivity contribution is -0.0802. The van der Waals surface area contributed by atoms with Gasteiger partial charge in [-0.1, -0.05) is 18.2 Å². The molecule has 2 unspecified atom stereocenters. The smallest absolute Gasteiger partial charge is 0.148 e. The molecule has 1 aliphatic heterocycles. The van der Waals surface area contributed by atoms with Gasteiger partial charge in [-0.2, -0.15) is 0 Å². The number of rotatable bonds is 2. The lowest BCUT2D eigenvalue weighted by Gasteiger charge is -2.31. The Kier molecular flexibility index (Phi) is 3.08. The maximum atomic E-state index is 13.7. The molecule has 0 bridgehead atoms. The lowest BCUT2D eigenvalue weighted by atomic mass is 10.1. The van der Waals surface area contributed by atoms with E-state index in [9.17, 15) is 4.39 Å². The minimum absolute atomic E-state index is 0.147. The van der Waals surface area contributed by atoms with E-state index in [2.05, 4.69) is 10.3 Å². The summed E-state index contributed by atoms with van der Waals surface area (Å²) < 4.78 is 21.5.